The number of nitrogens with zero attached hydrogens (tertiary/aromatic N) is 1. The summed E-state index contributed by atoms with van der Waals surface area (Å²) >= 11 is 0. The molecule has 0 aromatic heterocycles. The molecule has 1 fully saturated rings. The van der Waals surface area contributed by atoms with Crippen molar-refractivity contribution < 1.29 is 15.0 Å². The Morgan fingerprint density at radius 3 is 2.50 bits per heavy atom. The molecule has 1 aliphatic heterocycles. The van der Waals surface area contributed by atoms with E-state index < -0.39 is 6.29 Å². The number of oxime groups is 1. The first-order valence-corrected chi connectivity index (χ1v) is 1.43. The van der Waals surface area contributed by atoms with Gasteiger partial charge >= 0.3 is 0 Å². The molecule has 0 saturated carbocycles. The topological polar surface area (TPSA) is 57.7 Å². The third-order valence-electron chi connectivity index (χ3n) is 0.396. The van der Waals surface area contributed by atoms with E-state index in [0.717, 1.165) is 6.21 Å². The number of rotatable bonds is 1. The molecule has 0 atom stereocenters. The number of hydrogen-bond donors (Lipinski definition) is 1. The van der Waals surface area contributed by atoms with Crippen molar-refractivity contribution in [1.82, 2.24) is 0 Å². The molecule has 0 aliphatic carbocycles. The lowest BCUT2D eigenvalue weighted by Crippen LogP contribution is -1.80. The van der Waals surface area contributed by atoms with E-state index in [0.29, 0.717) is 0 Å². The molecule has 34 valence electrons. The molecule has 1 heterocycles. The Labute approximate surface area is 33.9 Å². The molecule has 0 radical (unpaired) electrons. The van der Waals surface area contributed by atoms with E-state index in [2.05, 4.69) is 14.9 Å². The first kappa shape index (κ1) is 3.58. The molecule has 1 aliphatic rings. The Morgan fingerprint density at radius 2 is 2.33 bits per heavy atom. The van der Waals surface area contributed by atoms with Gasteiger partial charge in [-0.15, -0.1) is 0 Å². The standard InChI is InChI=1S/C2H3NO3/c4-3-1-2-5-6-2/h1-2,4H/b3-1+. The van der Waals surface area contributed by atoms with Gasteiger partial charge in [0.05, 0.1) is 0 Å². The predicted molar refractivity (Wildman–Crippen MR) is 16.2 cm³/mol. The summed E-state index contributed by atoms with van der Waals surface area (Å²) < 4.78 is 0. The van der Waals surface area contributed by atoms with E-state index in [1.807, 2.05) is 0 Å². The van der Waals surface area contributed by atoms with Gasteiger partial charge in [-0.3, -0.25) is 0 Å². The monoisotopic (exact) mass is 89.0 g/mol. The summed E-state index contributed by atoms with van der Waals surface area (Å²) in [5.74, 6) is 0. The average molecular weight is 89.1 g/mol. The maximum atomic E-state index is 7.69. The van der Waals surface area contributed by atoms with Crippen LogP contribution in [0, 0.1) is 0 Å². The molecule has 0 spiro atoms. The van der Waals surface area contributed by atoms with Crippen molar-refractivity contribution in [3.63, 3.8) is 0 Å². The highest BCUT2D eigenvalue weighted by molar-refractivity contribution is 5.61. The minimum absolute atomic E-state index is 0.394. The fourth-order valence-corrected chi connectivity index (χ4v) is 0.136. The van der Waals surface area contributed by atoms with Crippen LogP contribution in [0.5, 0.6) is 0 Å². The normalized spacial score (nSPS) is 22.7. The van der Waals surface area contributed by atoms with E-state index >= 15 is 0 Å². The lowest BCUT2D eigenvalue weighted by atomic mass is 10.8. The lowest BCUT2D eigenvalue weighted by molar-refractivity contribution is 0.0850. The fourth-order valence-electron chi connectivity index (χ4n) is 0.136. The van der Waals surface area contributed by atoms with Gasteiger partial charge < -0.3 is 5.21 Å². The van der Waals surface area contributed by atoms with Crippen LogP contribution in [0.25, 0.3) is 0 Å². The summed E-state index contributed by atoms with van der Waals surface area (Å²) in [7, 11) is 0. The highest BCUT2D eigenvalue weighted by atomic mass is 17.4. The summed E-state index contributed by atoms with van der Waals surface area (Å²) in [5, 5.41) is 10.3. The van der Waals surface area contributed by atoms with Gasteiger partial charge in [0.1, 0.15) is 6.21 Å². The van der Waals surface area contributed by atoms with Crippen molar-refractivity contribution in [2.45, 2.75) is 6.29 Å². The molecule has 6 heavy (non-hydrogen) atoms. The second-order valence-corrected chi connectivity index (χ2v) is 0.825. The first-order valence-electron chi connectivity index (χ1n) is 1.43. The molecule has 0 unspecified atom stereocenters. The molecular weight excluding hydrogens is 86.0 g/mol. The molecule has 1 saturated heterocycles. The van der Waals surface area contributed by atoms with E-state index in [9.17, 15) is 0 Å². The zero-order valence-corrected chi connectivity index (χ0v) is 2.87. The van der Waals surface area contributed by atoms with Gasteiger partial charge in [-0.2, -0.15) is 9.78 Å². The smallest absolute Gasteiger partial charge is 0.262 e. The van der Waals surface area contributed by atoms with Gasteiger partial charge in [0, 0.05) is 0 Å². The van der Waals surface area contributed by atoms with Crippen LogP contribution in [-0.4, -0.2) is 17.7 Å². The maximum Gasteiger partial charge on any atom is 0.262 e. The van der Waals surface area contributed by atoms with E-state index in [-0.39, 0.29) is 0 Å². The van der Waals surface area contributed by atoms with E-state index in [1.54, 1.807) is 0 Å². The molecule has 0 aromatic carbocycles. The van der Waals surface area contributed by atoms with Gasteiger partial charge in [-0.25, -0.2) is 0 Å². The van der Waals surface area contributed by atoms with Crippen LogP contribution in [0.15, 0.2) is 5.16 Å². The Balaban J connectivity index is 2.15. The summed E-state index contributed by atoms with van der Waals surface area (Å²) in [6, 6.07) is 0. The van der Waals surface area contributed by atoms with Crippen molar-refractivity contribution in [3.05, 3.63) is 0 Å². The van der Waals surface area contributed by atoms with Crippen molar-refractivity contribution in [2.24, 2.45) is 5.16 Å². The SMILES string of the molecule is O/N=C/C1OO1. The third-order valence-corrected chi connectivity index (χ3v) is 0.396. The van der Waals surface area contributed by atoms with Crippen molar-refractivity contribution in [2.75, 3.05) is 0 Å². The Bertz CT molecular complexity index is 67.2. The van der Waals surface area contributed by atoms with Crippen LogP contribution < -0.4 is 0 Å². The molecular formula is C2H3NO3. The molecule has 1 rings (SSSR count). The summed E-state index contributed by atoms with van der Waals surface area (Å²) in [6.07, 6.45) is 0.745. The average Bonchev–Trinajstić information content (AvgIpc) is 2.21. The zero-order valence-electron chi connectivity index (χ0n) is 2.87. The minimum atomic E-state index is -0.394. The summed E-state index contributed by atoms with van der Waals surface area (Å²) in [5.41, 5.74) is 0. The van der Waals surface area contributed by atoms with Crippen molar-refractivity contribution >= 4 is 6.21 Å². The van der Waals surface area contributed by atoms with Crippen LogP contribution >= 0.6 is 0 Å². The highest BCUT2D eigenvalue weighted by Crippen LogP contribution is 2.06. The van der Waals surface area contributed by atoms with Gasteiger partial charge in [-0.05, 0) is 0 Å². The largest absolute Gasteiger partial charge is 0.411 e. The molecule has 4 nitrogen and oxygen atoms in total. The molecule has 0 amide bonds. The Kier molecular flexibility index (Phi) is 0.736. The minimum Gasteiger partial charge on any atom is -0.411 e. The fraction of sp³-hybridized carbons (Fsp3) is 0.500. The Hall–Kier alpha value is -0.610. The second-order valence-electron chi connectivity index (χ2n) is 0.825. The van der Waals surface area contributed by atoms with Gasteiger partial charge in [0.15, 0.2) is 0 Å². The van der Waals surface area contributed by atoms with Crippen LogP contribution in [0.2, 0.25) is 0 Å². The van der Waals surface area contributed by atoms with Crippen LogP contribution in [0.1, 0.15) is 0 Å². The van der Waals surface area contributed by atoms with Crippen LogP contribution in [0.3, 0.4) is 0 Å². The Morgan fingerprint density at radius 1 is 1.67 bits per heavy atom. The van der Waals surface area contributed by atoms with Gasteiger partial charge in [0.2, 0.25) is 0 Å². The maximum absolute atomic E-state index is 7.69. The third kappa shape index (κ3) is 0.667. The molecule has 1 N–H and O–H groups in total. The van der Waals surface area contributed by atoms with Crippen molar-refractivity contribution in [1.29, 1.82) is 0 Å². The number of hydrogen-bond acceptors (Lipinski definition) is 4. The van der Waals surface area contributed by atoms with E-state index in [4.69, 9.17) is 5.21 Å². The molecule has 4 heteroatoms. The van der Waals surface area contributed by atoms with Gasteiger partial charge in [0.25, 0.3) is 6.29 Å². The highest BCUT2D eigenvalue weighted by Gasteiger charge is 2.22. The predicted octanol–water partition coefficient (Wildman–Crippen LogP) is -0.266. The summed E-state index contributed by atoms with van der Waals surface area (Å²) in [6.45, 7) is 0. The van der Waals surface area contributed by atoms with Gasteiger partial charge in [-0.1, -0.05) is 5.16 Å². The summed E-state index contributed by atoms with van der Waals surface area (Å²) in [4.78, 5) is 8.28. The van der Waals surface area contributed by atoms with E-state index in [1.165, 1.54) is 0 Å². The first-order chi connectivity index (χ1) is 2.93. The second kappa shape index (κ2) is 1.24. The molecule has 0 aromatic rings. The zero-order chi connectivity index (χ0) is 4.41. The quantitative estimate of drug-likeness (QED) is 0.158. The lowest BCUT2D eigenvalue weighted by Gasteiger charge is -1.60. The van der Waals surface area contributed by atoms with Crippen LogP contribution in [0.4, 0.5) is 0 Å². The van der Waals surface area contributed by atoms with Crippen LogP contribution in [-0.2, 0) is 9.78 Å². The molecule has 0 bridgehead atoms. The van der Waals surface area contributed by atoms with Crippen molar-refractivity contribution in [3.8, 4) is 0 Å².